The number of aromatic nitrogens is 4. The molecule has 2 aromatic heterocycles. The van der Waals surface area contributed by atoms with Gasteiger partial charge in [0, 0.05) is 7.05 Å². The van der Waals surface area contributed by atoms with Gasteiger partial charge in [-0.1, -0.05) is 24.3 Å². The quantitative estimate of drug-likeness (QED) is 0.546. The van der Waals surface area contributed by atoms with Crippen LogP contribution in [0.25, 0.3) is 11.0 Å². The summed E-state index contributed by atoms with van der Waals surface area (Å²) in [6.07, 6.45) is 3.07. The first-order valence-electron chi connectivity index (χ1n) is 8.43. The van der Waals surface area contributed by atoms with Crippen LogP contribution in [0.5, 0.6) is 5.75 Å². The minimum atomic E-state index is -0.266. The molecule has 0 aliphatic heterocycles. The van der Waals surface area contributed by atoms with E-state index in [1.165, 1.54) is 24.7 Å². The predicted octanol–water partition coefficient (Wildman–Crippen LogP) is 2.90. The summed E-state index contributed by atoms with van der Waals surface area (Å²) in [5.41, 5.74) is 2.30. The van der Waals surface area contributed by atoms with Gasteiger partial charge in [0.15, 0.2) is 5.65 Å². The van der Waals surface area contributed by atoms with E-state index in [1.807, 2.05) is 24.3 Å². The van der Waals surface area contributed by atoms with Gasteiger partial charge in [0.1, 0.15) is 29.9 Å². The maximum absolute atomic E-state index is 12.9. The summed E-state index contributed by atoms with van der Waals surface area (Å²) in [5.74, 6) is 0.438. The van der Waals surface area contributed by atoms with Crippen LogP contribution in [0.3, 0.4) is 0 Å². The molecule has 136 valence electrons. The molecule has 0 aliphatic carbocycles. The molecule has 27 heavy (non-hydrogen) atoms. The summed E-state index contributed by atoms with van der Waals surface area (Å²) in [6.45, 7) is 0.773. The summed E-state index contributed by atoms with van der Waals surface area (Å²) in [7, 11) is 1.75. The highest BCUT2D eigenvalue weighted by Gasteiger charge is 2.08. The van der Waals surface area contributed by atoms with E-state index in [0.29, 0.717) is 29.9 Å². The molecule has 0 fully saturated rings. The molecule has 0 bridgehead atoms. The van der Waals surface area contributed by atoms with E-state index in [0.717, 1.165) is 11.1 Å². The fraction of sp³-hybridized carbons (Fsp3) is 0.150. The number of benzene rings is 2. The van der Waals surface area contributed by atoms with Crippen LogP contribution >= 0.6 is 0 Å². The number of ether oxygens (including phenoxy) is 1. The van der Waals surface area contributed by atoms with E-state index in [1.54, 1.807) is 28.4 Å². The van der Waals surface area contributed by atoms with Crippen molar-refractivity contribution in [3.05, 3.63) is 88.4 Å². The largest absolute Gasteiger partial charge is 0.489 e. The van der Waals surface area contributed by atoms with Gasteiger partial charge in [-0.15, -0.1) is 0 Å². The minimum absolute atomic E-state index is 0.121. The van der Waals surface area contributed by atoms with Crippen molar-refractivity contribution in [1.82, 2.24) is 19.3 Å². The average molecular weight is 364 g/mol. The van der Waals surface area contributed by atoms with Gasteiger partial charge in [-0.25, -0.2) is 9.37 Å². The summed E-state index contributed by atoms with van der Waals surface area (Å²) >= 11 is 0. The topological polar surface area (TPSA) is 61.9 Å². The second kappa shape index (κ2) is 7.03. The standard InChI is InChI=1S/C20H17FN4O2/c1-24-19-18(10-23-24)20(26)25(13-22-19)11-14-4-8-17(9-5-14)27-12-15-2-6-16(21)7-3-15/h2-10,13H,11-12H2,1H3. The van der Waals surface area contributed by atoms with E-state index in [9.17, 15) is 9.18 Å². The van der Waals surface area contributed by atoms with Gasteiger partial charge in [-0.05, 0) is 35.4 Å². The monoisotopic (exact) mass is 364 g/mol. The molecule has 0 amide bonds. The summed E-state index contributed by atoms with van der Waals surface area (Å²) in [6, 6.07) is 13.7. The fourth-order valence-corrected chi connectivity index (χ4v) is 2.81. The molecule has 0 spiro atoms. The molecule has 2 aromatic carbocycles. The van der Waals surface area contributed by atoms with E-state index < -0.39 is 0 Å². The number of halogens is 1. The van der Waals surface area contributed by atoms with Crippen LogP contribution in [0, 0.1) is 5.82 Å². The number of hydrogen-bond acceptors (Lipinski definition) is 4. The Labute approximate surface area is 154 Å². The van der Waals surface area contributed by atoms with Crippen molar-refractivity contribution in [1.29, 1.82) is 0 Å². The second-order valence-electron chi connectivity index (χ2n) is 6.24. The van der Waals surface area contributed by atoms with E-state index in [-0.39, 0.29) is 11.4 Å². The lowest BCUT2D eigenvalue weighted by Gasteiger charge is -2.09. The zero-order valence-electron chi connectivity index (χ0n) is 14.7. The van der Waals surface area contributed by atoms with E-state index in [4.69, 9.17) is 4.74 Å². The first-order chi connectivity index (χ1) is 13.1. The molecule has 0 unspecified atom stereocenters. The minimum Gasteiger partial charge on any atom is -0.489 e. The van der Waals surface area contributed by atoms with E-state index in [2.05, 4.69) is 10.1 Å². The molecular formula is C20H17FN4O2. The highest BCUT2D eigenvalue weighted by atomic mass is 19.1. The van der Waals surface area contributed by atoms with Crippen LogP contribution < -0.4 is 10.3 Å². The van der Waals surface area contributed by atoms with Crippen molar-refractivity contribution in [3.8, 4) is 5.75 Å². The Balaban J connectivity index is 1.45. The average Bonchev–Trinajstić information content (AvgIpc) is 3.06. The van der Waals surface area contributed by atoms with Gasteiger partial charge in [-0.2, -0.15) is 5.10 Å². The van der Waals surface area contributed by atoms with Crippen molar-refractivity contribution in [2.75, 3.05) is 0 Å². The molecule has 4 aromatic rings. The van der Waals surface area contributed by atoms with Crippen molar-refractivity contribution in [2.24, 2.45) is 7.05 Å². The van der Waals surface area contributed by atoms with Crippen LogP contribution in [0.2, 0.25) is 0 Å². The third-order valence-electron chi connectivity index (χ3n) is 4.31. The summed E-state index contributed by atoms with van der Waals surface area (Å²) < 4.78 is 21.8. The molecule has 6 nitrogen and oxygen atoms in total. The maximum atomic E-state index is 12.9. The Morgan fingerprint density at radius 3 is 2.48 bits per heavy atom. The third kappa shape index (κ3) is 3.57. The van der Waals surface area contributed by atoms with Crippen molar-refractivity contribution < 1.29 is 9.13 Å². The molecule has 2 heterocycles. The Hall–Kier alpha value is -3.48. The summed E-state index contributed by atoms with van der Waals surface area (Å²) in [5, 5.41) is 4.57. The number of nitrogens with zero attached hydrogens (tertiary/aromatic N) is 4. The van der Waals surface area contributed by atoms with Crippen LogP contribution in [0.1, 0.15) is 11.1 Å². The third-order valence-corrected chi connectivity index (χ3v) is 4.31. The van der Waals surface area contributed by atoms with Gasteiger partial charge in [0.05, 0.1) is 12.7 Å². The van der Waals surface area contributed by atoms with E-state index >= 15 is 0 Å². The highest BCUT2D eigenvalue weighted by molar-refractivity contribution is 5.72. The van der Waals surface area contributed by atoms with Gasteiger partial charge in [0.2, 0.25) is 0 Å². The van der Waals surface area contributed by atoms with Gasteiger partial charge >= 0.3 is 0 Å². The Morgan fingerprint density at radius 1 is 1.04 bits per heavy atom. The van der Waals surface area contributed by atoms with Gasteiger partial charge < -0.3 is 4.74 Å². The lowest BCUT2D eigenvalue weighted by atomic mass is 10.2. The van der Waals surface area contributed by atoms with Gasteiger partial charge in [0.25, 0.3) is 5.56 Å². The highest BCUT2D eigenvalue weighted by Crippen LogP contribution is 2.15. The van der Waals surface area contributed by atoms with Crippen molar-refractivity contribution in [2.45, 2.75) is 13.2 Å². The summed E-state index contributed by atoms with van der Waals surface area (Å²) in [4.78, 5) is 16.8. The molecular weight excluding hydrogens is 347 g/mol. The second-order valence-corrected chi connectivity index (χ2v) is 6.24. The zero-order valence-corrected chi connectivity index (χ0v) is 14.7. The van der Waals surface area contributed by atoms with Crippen LogP contribution in [-0.2, 0) is 20.2 Å². The molecule has 0 N–H and O–H groups in total. The predicted molar refractivity (Wildman–Crippen MR) is 99.0 cm³/mol. The molecule has 0 saturated carbocycles. The fourth-order valence-electron chi connectivity index (χ4n) is 2.81. The molecule has 7 heteroatoms. The van der Waals surface area contributed by atoms with Crippen molar-refractivity contribution >= 4 is 11.0 Å². The number of aryl methyl sites for hydroxylation is 1. The zero-order chi connectivity index (χ0) is 18.8. The molecule has 0 radical (unpaired) electrons. The Kier molecular flexibility index (Phi) is 4.42. The van der Waals surface area contributed by atoms with Crippen molar-refractivity contribution in [3.63, 3.8) is 0 Å². The lowest BCUT2D eigenvalue weighted by molar-refractivity contribution is 0.306. The normalized spacial score (nSPS) is 11.0. The Morgan fingerprint density at radius 2 is 1.74 bits per heavy atom. The molecule has 0 saturated heterocycles. The number of hydrogen-bond donors (Lipinski definition) is 0. The first-order valence-corrected chi connectivity index (χ1v) is 8.43. The lowest BCUT2D eigenvalue weighted by Crippen LogP contribution is -2.21. The SMILES string of the molecule is Cn1ncc2c(=O)n(Cc3ccc(OCc4ccc(F)cc4)cc3)cnc21. The number of rotatable bonds is 5. The first kappa shape index (κ1) is 17.0. The molecule has 4 rings (SSSR count). The van der Waals surface area contributed by atoms with Crippen LogP contribution in [0.4, 0.5) is 4.39 Å². The molecule has 0 aliphatic rings. The van der Waals surface area contributed by atoms with Crippen LogP contribution in [0.15, 0.2) is 65.8 Å². The van der Waals surface area contributed by atoms with Crippen LogP contribution in [-0.4, -0.2) is 19.3 Å². The smallest absolute Gasteiger partial charge is 0.264 e. The Bertz CT molecular complexity index is 1130. The molecule has 0 atom stereocenters. The van der Waals surface area contributed by atoms with Gasteiger partial charge in [-0.3, -0.25) is 14.0 Å². The number of fused-ring (bicyclic) bond motifs is 1. The maximum Gasteiger partial charge on any atom is 0.264 e.